The number of benzene rings is 4. The van der Waals surface area contributed by atoms with Crippen LogP contribution in [0.15, 0.2) is 133 Å². The average molecular weight is 504 g/mol. The Labute approximate surface area is 205 Å². The van der Waals surface area contributed by atoms with Gasteiger partial charge in [-0.25, -0.2) is 12.2 Å². The number of allylic oxidation sites excluding steroid dienone is 4. The van der Waals surface area contributed by atoms with Gasteiger partial charge in [0.15, 0.2) is 0 Å². The fourth-order valence-electron chi connectivity index (χ4n) is 3.62. The second kappa shape index (κ2) is 11.8. The summed E-state index contributed by atoms with van der Waals surface area (Å²) in [7, 11) is 0. The van der Waals surface area contributed by atoms with Crippen LogP contribution in [0.2, 0.25) is 0 Å². The first-order valence-corrected chi connectivity index (χ1v) is 16.0. The number of rotatable bonds is 2. The topological polar surface area (TPSA) is 0 Å². The maximum absolute atomic E-state index is 2.99. The molecule has 0 nitrogen and oxygen atoms in total. The van der Waals surface area contributed by atoms with Crippen molar-refractivity contribution in [3.63, 3.8) is 0 Å². The first kappa shape index (κ1) is 22.5. The summed E-state index contributed by atoms with van der Waals surface area (Å²) in [6.07, 6.45) is 10.0. The molecule has 0 radical (unpaired) electrons. The van der Waals surface area contributed by atoms with E-state index in [0.717, 1.165) is 6.42 Å². The molecule has 0 unspecified atom stereocenters. The summed E-state index contributed by atoms with van der Waals surface area (Å²) in [5.74, 6) is 0. The molecule has 0 spiro atoms. The van der Waals surface area contributed by atoms with Crippen molar-refractivity contribution in [1.29, 1.82) is 0 Å². The Kier molecular flexibility index (Phi) is 8.31. The molecule has 152 valence electrons. The Hall–Kier alpha value is -2.67. The van der Waals surface area contributed by atoms with E-state index in [-0.39, 0.29) is 0 Å². The molecule has 2 heteroatoms. The molecule has 0 aliphatic heterocycles. The summed E-state index contributed by atoms with van der Waals surface area (Å²) in [6, 6.07) is 41.0. The van der Waals surface area contributed by atoms with Crippen LogP contribution in [0, 0.1) is 6.08 Å². The van der Waals surface area contributed by atoms with Crippen molar-refractivity contribution < 1.29 is 23.3 Å². The van der Waals surface area contributed by atoms with Crippen molar-refractivity contribution in [3.05, 3.63) is 140 Å². The van der Waals surface area contributed by atoms with Gasteiger partial charge in [0.25, 0.3) is 0 Å². The van der Waals surface area contributed by atoms with Gasteiger partial charge >= 0.3 is 99.8 Å². The van der Waals surface area contributed by atoms with E-state index < -0.39 is 5.43 Å². The van der Waals surface area contributed by atoms with Crippen molar-refractivity contribution in [3.8, 4) is 0 Å². The third kappa shape index (κ3) is 5.97. The molecule has 5 aromatic carbocycles. The maximum Gasteiger partial charge on any atom is -0.0771 e. The second-order valence-corrected chi connectivity index (χ2v) is 13.0. The maximum atomic E-state index is 2.99. The van der Waals surface area contributed by atoms with E-state index in [1.54, 1.807) is 23.3 Å². The molecule has 0 saturated heterocycles. The van der Waals surface area contributed by atoms with Gasteiger partial charge in [-0.15, -0.1) is 46.2 Å². The summed E-state index contributed by atoms with van der Waals surface area (Å²) in [5, 5.41) is 8.42. The SMILES string of the molecule is [C-]1=CC=CC1.[Zr+2]=[Si](c1ccccc1)c1ccccc1.c1ccc2c(c1)[cH-]c1ccccc12. The van der Waals surface area contributed by atoms with Gasteiger partial charge in [-0.1, -0.05) is 36.4 Å². The van der Waals surface area contributed by atoms with Gasteiger partial charge in [0.1, 0.15) is 0 Å². The molecule has 1 aliphatic rings. The standard InChI is InChI=1S/C13H9.C12H10Si.C5H5.Zr/c1-3-7-12-10(5-1)9-11-6-2-4-8-13(11)12;1-3-7-11(8-4-1)13-12-9-5-2-6-10-12;1-2-4-5-3-1;/h1-9H;1-10H;1-3H,4H2;/q-1;;-1;+2. The number of hydrogen-bond donors (Lipinski definition) is 0. The molecule has 5 aromatic rings. The molecular weight excluding hydrogens is 480 g/mol. The Morgan fingerprint density at radius 1 is 0.625 bits per heavy atom. The zero-order valence-corrected chi connectivity index (χ0v) is 21.4. The monoisotopic (exact) mass is 502 g/mol. The smallest absolute Gasteiger partial charge is 0.0771 e. The minimum absolute atomic E-state index is 0.455. The van der Waals surface area contributed by atoms with Gasteiger partial charge in [-0.05, 0) is 0 Å². The van der Waals surface area contributed by atoms with Crippen LogP contribution < -0.4 is 10.4 Å². The summed E-state index contributed by atoms with van der Waals surface area (Å²) < 4.78 is 0. The summed E-state index contributed by atoms with van der Waals surface area (Å²) in [5.41, 5.74) is -0.455. The predicted octanol–water partition coefficient (Wildman–Crippen LogP) is 6.36. The summed E-state index contributed by atoms with van der Waals surface area (Å²) >= 11 is 1.64. The molecule has 32 heavy (non-hydrogen) atoms. The molecule has 0 fully saturated rings. The fourth-order valence-corrected chi connectivity index (χ4v) is 7.46. The largest absolute Gasteiger partial charge is 0.126 e. The normalized spacial score (nSPS) is 11.6. The minimum Gasteiger partial charge on any atom is -0.126 e. The average Bonchev–Trinajstić information content (AvgIpc) is 3.57. The van der Waals surface area contributed by atoms with Gasteiger partial charge in [0.05, 0.1) is 0 Å². The van der Waals surface area contributed by atoms with E-state index in [2.05, 4.69) is 127 Å². The van der Waals surface area contributed by atoms with Gasteiger partial charge in [-0.2, -0.15) is 6.08 Å². The van der Waals surface area contributed by atoms with Gasteiger partial charge in [0, 0.05) is 0 Å². The Bertz CT molecular complexity index is 1240. The zero-order chi connectivity index (χ0) is 22.0. The molecule has 0 aromatic heterocycles. The first-order chi connectivity index (χ1) is 15.8. The molecule has 0 amide bonds. The number of hydrogen-bond acceptors (Lipinski definition) is 0. The van der Waals surface area contributed by atoms with E-state index in [1.807, 2.05) is 12.2 Å². The predicted molar refractivity (Wildman–Crippen MR) is 137 cm³/mol. The van der Waals surface area contributed by atoms with Crippen LogP contribution in [0.3, 0.4) is 0 Å². The van der Waals surface area contributed by atoms with Crippen LogP contribution in [-0.4, -0.2) is 5.43 Å². The third-order valence-electron chi connectivity index (χ3n) is 5.23. The Morgan fingerprint density at radius 2 is 1.09 bits per heavy atom. The molecule has 0 saturated carbocycles. The van der Waals surface area contributed by atoms with Crippen molar-refractivity contribution in [1.82, 2.24) is 0 Å². The van der Waals surface area contributed by atoms with Crippen molar-refractivity contribution in [2.24, 2.45) is 0 Å². The first-order valence-electron chi connectivity index (χ1n) is 10.8. The fraction of sp³-hybridized carbons (Fsp3) is 0.0333. The van der Waals surface area contributed by atoms with Crippen LogP contribution in [-0.2, 0) is 23.3 Å². The molecule has 0 heterocycles. The molecule has 0 bridgehead atoms. The molecule has 0 atom stereocenters. The molecule has 6 rings (SSSR count). The minimum atomic E-state index is -0.455. The van der Waals surface area contributed by atoms with Crippen LogP contribution in [0.5, 0.6) is 0 Å². The van der Waals surface area contributed by atoms with E-state index in [1.165, 1.54) is 31.9 Å². The van der Waals surface area contributed by atoms with Gasteiger partial charge in [0.2, 0.25) is 0 Å². The van der Waals surface area contributed by atoms with Crippen molar-refractivity contribution >= 4 is 37.4 Å². The number of fused-ring (bicyclic) bond motifs is 3. The van der Waals surface area contributed by atoms with E-state index >= 15 is 0 Å². The van der Waals surface area contributed by atoms with Crippen LogP contribution >= 0.6 is 0 Å². The molecular formula is C30H24SiZr. The van der Waals surface area contributed by atoms with Gasteiger partial charge in [-0.3, -0.25) is 6.08 Å². The van der Waals surface area contributed by atoms with Crippen LogP contribution in [0.25, 0.3) is 21.5 Å². The Morgan fingerprint density at radius 3 is 1.50 bits per heavy atom. The van der Waals surface area contributed by atoms with Gasteiger partial charge < -0.3 is 0 Å². The van der Waals surface area contributed by atoms with E-state index in [4.69, 9.17) is 0 Å². The summed E-state index contributed by atoms with van der Waals surface area (Å²) in [4.78, 5) is 0. The van der Waals surface area contributed by atoms with Crippen LogP contribution in [0.4, 0.5) is 0 Å². The zero-order valence-electron chi connectivity index (χ0n) is 17.9. The second-order valence-electron chi connectivity index (χ2n) is 7.43. The summed E-state index contributed by atoms with van der Waals surface area (Å²) in [6.45, 7) is 0. The van der Waals surface area contributed by atoms with E-state index in [9.17, 15) is 0 Å². The Balaban J connectivity index is 0.000000127. The molecule has 0 N–H and O–H groups in total. The molecule has 1 aliphatic carbocycles. The van der Waals surface area contributed by atoms with Crippen LogP contribution in [0.1, 0.15) is 6.42 Å². The van der Waals surface area contributed by atoms with Crippen molar-refractivity contribution in [2.75, 3.05) is 0 Å². The van der Waals surface area contributed by atoms with E-state index in [0.29, 0.717) is 0 Å². The third-order valence-corrected chi connectivity index (χ3v) is 11.3. The van der Waals surface area contributed by atoms with Crippen molar-refractivity contribution in [2.45, 2.75) is 6.42 Å². The quantitative estimate of drug-likeness (QED) is 0.194.